The van der Waals surface area contributed by atoms with Gasteiger partial charge in [0.15, 0.2) is 0 Å². The number of hydrogen-bond acceptors (Lipinski definition) is 1. The minimum atomic E-state index is -0.286. The zero-order chi connectivity index (χ0) is 9.30. The summed E-state index contributed by atoms with van der Waals surface area (Å²) in [6.45, 7) is 3.82. The molecule has 0 bridgehead atoms. The Labute approximate surface area is 76.3 Å². The van der Waals surface area contributed by atoms with Crippen molar-refractivity contribution in [2.24, 2.45) is 5.73 Å². The van der Waals surface area contributed by atoms with E-state index in [-0.39, 0.29) is 5.82 Å². The predicted octanol–water partition coefficient (Wildman–Crippen LogP) is 2.55. The van der Waals surface area contributed by atoms with E-state index in [2.05, 4.69) is 0 Å². The van der Waals surface area contributed by atoms with E-state index in [1.807, 2.05) is 6.92 Å². The number of halogens is 2. The molecule has 0 spiro atoms. The van der Waals surface area contributed by atoms with Crippen molar-refractivity contribution in [3.05, 3.63) is 33.6 Å². The predicted molar refractivity (Wildman–Crippen MR) is 48.8 cm³/mol. The minimum absolute atomic E-state index is 0.286. The molecular formula is C9H11ClFN. The van der Waals surface area contributed by atoms with Crippen molar-refractivity contribution >= 4 is 11.6 Å². The molecule has 0 aliphatic heterocycles. The molecule has 0 fully saturated rings. The Kier molecular flexibility index (Phi) is 2.70. The standard InChI is InChI=1S/C9H11ClFN/c1-5-7(4-12)3-8(11)6(2)9(5)10/h3H,4,12H2,1-2H3. The summed E-state index contributed by atoms with van der Waals surface area (Å²) in [5.74, 6) is -0.286. The summed E-state index contributed by atoms with van der Waals surface area (Å²) in [4.78, 5) is 0. The smallest absolute Gasteiger partial charge is 0.127 e. The summed E-state index contributed by atoms with van der Waals surface area (Å²) >= 11 is 5.87. The molecule has 0 atom stereocenters. The van der Waals surface area contributed by atoms with Crippen molar-refractivity contribution in [3.8, 4) is 0 Å². The van der Waals surface area contributed by atoms with Crippen molar-refractivity contribution in [1.82, 2.24) is 0 Å². The Morgan fingerprint density at radius 2 is 2.00 bits per heavy atom. The largest absolute Gasteiger partial charge is 0.326 e. The normalized spacial score (nSPS) is 10.4. The molecule has 12 heavy (non-hydrogen) atoms. The van der Waals surface area contributed by atoms with E-state index >= 15 is 0 Å². The molecule has 0 unspecified atom stereocenters. The van der Waals surface area contributed by atoms with Crippen LogP contribution in [0.1, 0.15) is 16.7 Å². The van der Waals surface area contributed by atoms with Crippen molar-refractivity contribution in [2.75, 3.05) is 0 Å². The second kappa shape index (κ2) is 3.42. The van der Waals surface area contributed by atoms with Crippen LogP contribution >= 0.6 is 11.6 Å². The molecule has 0 aromatic heterocycles. The molecule has 0 heterocycles. The van der Waals surface area contributed by atoms with Crippen LogP contribution in [-0.4, -0.2) is 0 Å². The highest BCUT2D eigenvalue weighted by molar-refractivity contribution is 6.32. The lowest BCUT2D eigenvalue weighted by Gasteiger charge is -2.08. The van der Waals surface area contributed by atoms with Crippen molar-refractivity contribution < 1.29 is 4.39 Å². The minimum Gasteiger partial charge on any atom is -0.326 e. The summed E-state index contributed by atoms with van der Waals surface area (Å²) in [5.41, 5.74) is 7.55. The first kappa shape index (κ1) is 9.49. The van der Waals surface area contributed by atoms with E-state index in [9.17, 15) is 4.39 Å². The van der Waals surface area contributed by atoms with E-state index < -0.39 is 0 Å². The third-order valence-electron chi connectivity index (χ3n) is 2.02. The van der Waals surface area contributed by atoms with Crippen LogP contribution in [-0.2, 0) is 6.54 Å². The molecule has 2 N–H and O–H groups in total. The van der Waals surface area contributed by atoms with Crippen LogP contribution in [0.25, 0.3) is 0 Å². The maximum absolute atomic E-state index is 13.1. The fourth-order valence-corrected chi connectivity index (χ4v) is 1.32. The third kappa shape index (κ3) is 1.45. The number of benzene rings is 1. The van der Waals surface area contributed by atoms with Gasteiger partial charge in [-0.3, -0.25) is 0 Å². The van der Waals surface area contributed by atoms with Gasteiger partial charge >= 0.3 is 0 Å². The maximum atomic E-state index is 13.1. The SMILES string of the molecule is Cc1c(F)cc(CN)c(C)c1Cl. The first-order valence-electron chi connectivity index (χ1n) is 3.72. The molecule has 0 saturated heterocycles. The van der Waals surface area contributed by atoms with Crippen LogP contribution in [0.4, 0.5) is 4.39 Å². The molecule has 0 amide bonds. The van der Waals surface area contributed by atoms with Crippen LogP contribution < -0.4 is 5.73 Å². The van der Waals surface area contributed by atoms with Gasteiger partial charge in [-0.2, -0.15) is 0 Å². The average Bonchev–Trinajstić information content (AvgIpc) is 2.08. The van der Waals surface area contributed by atoms with Gasteiger partial charge in [-0.15, -0.1) is 0 Å². The molecule has 1 aromatic rings. The summed E-state index contributed by atoms with van der Waals surface area (Å²) in [5, 5.41) is 0.482. The third-order valence-corrected chi connectivity index (χ3v) is 2.59. The number of hydrogen-bond donors (Lipinski definition) is 1. The molecule has 3 heteroatoms. The quantitative estimate of drug-likeness (QED) is 0.719. The zero-order valence-electron chi connectivity index (χ0n) is 7.12. The summed E-state index contributed by atoms with van der Waals surface area (Å²) in [6, 6.07) is 1.44. The highest BCUT2D eigenvalue weighted by atomic mass is 35.5. The van der Waals surface area contributed by atoms with Gasteiger partial charge < -0.3 is 5.73 Å². The molecule has 0 radical (unpaired) electrons. The van der Waals surface area contributed by atoms with E-state index in [1.54, 1.807) is 6.92 Å². The summed E-state index contributed by atoms with van der Waals surface area (Å²) in [6.07, 6.45) is 0. The number of nitrogens with two attached hydrogens (primary N) is 1. The van der Waals surface area contributed by atoms with Crippen LogP contribution in [0.2, 0.25) is 5.02 Å². The Hall–Kier alpha value is -0.600. The number of rotatable bonds is 1. The lowest BCUT2D eigenvalue weighted by Crippen LogP contribution is -2.02. The van der Waals surface area contributed by atoms with E-state index in [4.69, 9.17) is 17.3 Å². The summed E-state index contributed by atoms with van der Waals surface area (Å²) in [7, 11) is 0. The monoisotopic (exact) mass is 187 g/mol. The van der Waals surface area contributed by atoms with Crippen molar-refractivity contribution in [3.63, 3.8) is 0 Å². The Morgan fingerprint density at radius 3 is 2.50 bits per heavy atom. The maximum Gasteiger partial charge on any atom is 0.127 e. The van der Waals surface area contributed by atoms with Gasteiger partial charge in [0.05, 0.1) is 0 Å². The topological polar surface area (TPSA) is 26.0 Å². The zero-order valence-corrected chi connectivity index (χ0v) is 7.87. The van der Waals surface area contributed by atoms with Crippen LogP contribution in [0.15, 0.2) is 6.07 Å². The van der Waals surface area contributed by atoms with Gasteiger partial charge in [0.1, 0.15) is 5.82 Å². The van der Waals surface area contributed by atoms with E-state index in [0.29, 0.717) is 17.1 Å². The van der Waals surface area contributed by atoms with Gasteiger partial charge in [-0.1, -0.05) is 11.6 Å². The highest BCUT2D eigenvalue weighted by Gasteiger charge is 2.09. The second-order valence-electron chi connectivity index (χ2n) is 2.79. The lowest BCUT2D eigenvalue weighted by molar-refractivity contribution is 0.615. The van der Waals surface area contributed by atoms with Gasteiger partial charge in [0, 0.05) is 17.1 Å². The van der Waals surface area contributed by atoms with Crippen LogP contribution in [0, 0.1) is 19.7 Å². The van der Waals surface area contributed by atoms with Crippen molar-refractivity contribution in [2.45, 2.75) is 20.4 Å². The molecule has 1 nitrogen and oxygen atoms in total. The molecule has 0 aliphatic rings. The van der Waals surface area contributed by atoms with Gasteiger partial charge in [-0.25, -0.2) is 4.39 Å². The average molecular weight is 188 g/mol. The molecular weight excluding hydrogens is 177 g/mol. The second-order valence-corrected chi connectivity index (χ2v) is 3.16. The van der Waals surface area contributed by atoms with Crippen LogP contribution in [0.5, 0.6) is 0 Å². The Balaban J connectivity index is 3.39. The molecule has 66 valence electrons. The highest BCUT2D eigenvalue weighted by Crippen LogP contribution is 2.25. The van der Waals surface area contributed by atoms with Gasteiger partial charge in [-0.05, 0) is 31.0 Å². The van der Waals surface area contributed by atoms with E-state index in [0.717, 1.165) is 11.1 Å². The first-order valence-corrected chi connectivity index (χ1v) is 4.10. The molecule has 0 aliphatic carbocycles. The molecule has 1 aromatic carbocycles. The van der Waals surface area contributed by atoms with Crippen molar-refractivity contribution in [1.29, 1.82) is 0 Å². The van der Waals surface area contributed by atoms with Crippen LogP contribution in [0.3, 0.4) is 0 Å². The fourth-order valence-electron chi connectivity index (χ4n) is 1.11. The Bertz CT molecular complexity index is 310. The fraction of sp³-hybridized carbons (Fsp3) is 0.333. The first-order chi connectivity index (χ1) is 5.57. The van der Waals surface area contributed by atoms with E-state index in [1.165, 1.54) is 6.07 Å². The van der Waals surface area contributed by atoms with Gasteiger partial charge in [0.25, 0.3) is 0 Å². The Morgan fingerprint density at radius 1 is 1.42 bits per heavy atom. The lowest BCUT2D eigenvalue weighted by atomic mass is 10.1. The molecule has 1 rings (SSSR count). The molecule has 0 saturated carbocycles. The summed E-state index contributed by atoms with van der Waals surface area (Å²) < 4.78 is 13.1. The van der Waals surface area contributed by atoms with Gasteiger partial charge in [0.2, 0.25) is 0 Å².